The third kappa shape index (κ3) is 3.08. The number of rotatable bonds is 5. The van der Waals surface area contributed by atoms with Gasteiger partial charge in [0.05, 0.1) is 6.10 Å². The number of hydrogen-bond donors (Lipinski definition) is 2. The van der Waals surface area contributed by atoms with Crippen molar-refractivity contribution in [2.45, 2.75) is 25.5 Å². The van der Waals surface area contributed by atoms with E-state index in [0.29, 0.717) is 11.5 Å². The van der Waals surface area contributed by atoms with Crippen LogP contribution in [0.1, 0.15) is 18.4 Å². The molecule has 1 heterocycles. The first-order valence-electron chi connectivity index (χ1n) is 6.93. The Hall–Kier alpha value is -1.23. The molecule has 2 nitrogen and oxygen atoms in total. The zero-order valence-corrected chi connectivity index (χ0v) is 12.0. The first kappa shape index (κ1) is 13.7. The van der Waals surface area contributed by atoms with Crippen LogP contribution in [-0.4, -0.2) is 17.8 Å². The minimum atomic E-state index is -0.168. The van der Waals surface area contributed by atoms with Crippen LogP contribution >= 0.6 is 11.3 Å². The number of aliphatic hydroxyl groups is 1. The molecule has 1 fully saturated rings. The molecule has 0 saturated heterocycles. The Morgan fingerprint density at radius 1 is 1.30 bits per heavy atom. The molecule has 0 atom stereocenters. The van der Waals surface area contributed by atoms with Crippen LogP contribution in [0.5, 0.6) is 0 Å². The second kappa shape index (κ2) is 6.04. The van der Waals surface area contributed by atoms with Crippen molar-refractivity contribution in [2.75, 3.05) is 6.54 Å². The maximum Gasteiger partial charge on any atom is 0.131 e. The number of aliphatic hydroxyl groups excluding tert-OH is 1. The van der Waals surface area contributed by atoms with Crippen LogP contribution in [-0.2, 0) is 6.54 Å². The lowest BCUT2D eigenvalue weighted by atomic mass is 9.82. The smallest absolute Gasteiger partial charge is 0.131 e. The number of halogens is 1. The van der Waals surface area contributed by atoms with Crippen molar-refractivity contribution >= 4 is 11.3 Å². The van der Waals surface area contributed by atoms with E-state index >= 15 is 0 Å². The molecule has 1 aliphatic carbocycles. The Morgan fingerprint density at radius 2 is 2.15 bits per heavy atom. The predicted molar refractivity (Wildman–Crippen MR) is 80.2 cm³/mol. The minimum absolute atomic E-state index is 0.0990. The molecule has 106 valence electrons. The van der Waals surface area contributed by atoms with Crippen LogP contribution in [0.4, 0.5) is 4.39 Å². The van der Waals surface area contributed by atoms with E-state index in [0.717, 1.165) is 36.4 Å². The van der Waals surface area contributed by atoms with Crippen LogP contribution in [0, 0.1) is 11.7 Å². The van der Waals surface area contributed by atoms with Gasteiger partial charge < -0.3 is 10.4 Å². The molecular formula is C16H18FNOS. The number of nitrogens with one attached hydrogen (secondary N) is 1. The lowest BCUT2D eigenvalue weighted by Gasteiger charge is -2.31. The van der Waals surface area contributed by atoms with E-state index in [1.54, 1.807) is 17.4 Å². The molecule has 0 unspecified atom stereocenters. The highest BCUT2D eigenvalue weighted by atomic mass is 32.1. The lowest BCUT2D eigenvalue weighted by Crippen LogP contribution is -2.35. The SMILES string of the molecule is OC1CC(CNCc2ccc(F)c(-c3cccs3)c2)C1. The standard InChI is InChI=1S/C16H18FNOS/c17-15-4-3-11(8-14(15)16-2-1-5-20-16)9-18-10-12-6-13(19)7-12/h1-5,8,12-13,18-19H,6-7,9-10H2. The second-order valence-corrected chi connectivity index (χ2v) is 6.36. The fraction of sp³-hybridized carbons (Fsp3) is 0.375. The average molecular weight is 291 g/mol. The molecule has 0 radical (unpaired) electrons. The summed E-state index contributed by atoms with van der Waals surface area (Å²) in [6, 6.07) is 9.17. The summed E-state index contributed by atoms with van der Waals surface area (Å²) in [5.74, 6) is 0.417. The zero-order chi connectivity index (χ0) is 13.9. The van der Waals surface area contributed by atoms with Crippen molar-refractivity contribution in [1.82, 2.24) is 5.32 Å². The molecule has 0 spiro atoms. The first-order chi connectivity index (χ1) is 9.72. The summed E-state index contributed by atoms with van der Waals surface area (Å²) < 4.78 is 13.8. The fourth-order valence-electron chi connectivity index (χ4n) is 2.59. The van der Waals surface area contributed by atoms with Gasteiger partial charge in [-0.2, -0.15) is 0 Å². The van der Waals surface area contributed by atoms with Gasteiger partial charge in [-0.25, -0.2) is 4.39 Å². The maximum atomic E-state index is 13.8. The van der Waals surface area contributed by atoms with E-state index < -0.39 is 0 Å². The monoisotopic (exact) mass is 291 g/mol. The quantitative estimate of drug-likeness (QED) is 0.885. The van der Waals surface area contributed by atoms with Crippen molar-refractivity contribution in [3.8, 4) is 10.4 Å². The number of hydrogen-bond acceptors (Lipinski definition) is 3. The predicted octanol–water partition coefficient (Wildman–Crippen LogP) is 3.41. The Balaban J connectivity index is 1.61. The molecule has 1 aliphatic rings. The molecule has 1 aromatic heterocycles. The van der Waals surface area contributed by atoms with E-state index in [9.17, 15) is 9.50 Å². The molecule has 20 heavy (non-hydrogen) atoms. The summed E-state index contributed by atoms with van der Waals surface area (Å²) in [6.07, 6.45) is 1.70. The van der Waals surface area contributed by atoms with Crippen LogP contribution in [0.2, 0.25) is 0 Å². The Bertz CT molecular complexity index is 564. The third-order valence-electron chi connectivity index (χ3n) is 3.79. The van der Waals surface area contributed by atoms with E-state index in [-0.39, 0.29) is 11.9 Å². The zero-order valence-electron chi connectivity index (χ0n) is 11.2. The first-order valence-corrected chi connectivity index (χ1v) is 7.81. The Kier molecular flexibility index (Phi) is 4.15. The Morgan fingerprint density at radius 3 is 2.85 bits per heavy atom. The molecule has 2 aromatic rings. The van der Waals surface area contributed by atoms with Crippen molar-refractivity contribution < 1.29 is 9.50 Å². The van der Waals surface area contributed by atoms with Crippen LogP contribution in [0.25, 0.3) is 10.4 Å². The van der Waals surface area contributed by atoms with Crippen molar-refractivity contribution in [2.24, 2.45) is 5.92 Å². The van der Waals surface area contributed by atoms with Gasteiger partial charge in [0.15, 0.2) is 0 Å². The van der Waals surface area contributed by atoms with Crippen LogP contribution in [0.3, 0.4) is 0 Å². The largest absolute Gasteiger partial charge is 0.393 e. The molecular weight excluding hydrogens is 273 g/mol. The van der Waals surface area contributed by atoms with Gasteiger partial charge in [0.25, 0.3) is 0 Å². The average Bonchev–Trinajstić information content (AvgIpc) is 2.92. The van der Waals surface area contributed by atoms with Gasteiger partial charge in [0.1, 0.15) is 5.82 Å². The van der Waals surface area contributed by atoms with Gasteiger partial charge in [0, 0.05) is 17.0 Å². The maximum absolute atomic E-state index is 13.8. The molecule has 0 aliphatic heterocycles. The van der Waals surface area contributed by atoms with E-state index in [2.05, 4.69) is 5.32 Å². The molecule has 0 bridgehead atoms. The molecule has 0 amide bonds. The Labute approximate surface area is 122 Å². The van der Waals surface area contributed by atoms with Crippen molar-refractivity contribution in [3.63, 3.8) is 0 Å². The molecule has 2 N–H and O–H groups in total. The van der Waals surface area contributed by atoms with Gasteiger partial charge in [0.2, 0.25) is 0 Å². The van der Waals surface area contributed by atoms with E-state index in [4.69, 9.17) is 0 Å². The minimum Gasteiger partial charge on any atom is -0.393 e. The number of benzene rings is 1. The molecule has 1 aromatic carbocycles. The van der Waals surface area contributed by atoms with Gasteiger partial charge in [-0.15, -0.1) is 11.3 Å². The van der Waals surface area contributed by atoms with Crippen molar-refractivity contribution in [1.29, 1.82) is 0 Å². The summed E-state index contributed by atoms with van der Waals surface area (Å²) >= 11 is 1.55. The summed E-state index contributed by atoms with van der Waals surface area (Å²) in [6.45, 7) is 1.66. The van der Waals surface area contributed by atoms with Crippen LogP contribution in [0.15, 0.2) is 35.7 Å². The van der Waals surface area contributed by atoms with E-state index in [1.165, 1.54) is 0 Å². The third-order valence-corrected chi connectivity index (χ3v) is 4.69. The highest BCUT2D eigenvalue weighted by Crippen LogP contribution is 2.28. The lowest BCUT2D eigenvalue weighted by molar-refractivity contribution is 0.0430. The van der Waals surface area contributed by atoms with Gasteiger partial charge in [-0.3, -0.25) is 0 Å². The van der Waals surface area contributed by atoms with Crippen LogP contribution < -0.4 is 5.32 Å². The second-order valence-electron chi connectivity index (χ2n) is 5.41. The summed E-state index contributed by atoms with van der Waals surface area (Å²) in [4.78, 5) is 0.964. The fourth-order valence-corrected chi connectivity index (χ4v) is 3.34. The van der Waals surface area contributed by atoms with E-state index in [1.807, 2.05) is 29.6 Å². The molecule has 3 rings (SSSR count). The van der Waals surface area contributed by atoms with Crippen molar-refractivity contribution in [3.05, 3.63) is 47.1 Å². The van der Waals surface area contributed by atoms with Gasteiger partial charge in [-0.05, 0) is 54.4 Å². The summed E-state index contributed by atoms with van der Waals surface area (Å²) in [7, 11) is 0. The topological polar surface area (TPSA) is 32.3 Å². The normalized spacial score (nSPS) is 21.7. The van der Waals surface area contributed by atoms with Gasteiger partial charge in [-0.1, -0.05) is 12.1 Å². The van der Waals surface area contributed by atoms with Gasteiger partial charge >= 0.3 is 0 Å². The number of thiophene rings is 1. The molecule has 1 saturated carbocycles. The highest BCUT2D eigenvalue weighted by molar-refractivity contribution is 7.13. The summed E-state index contributed by atoms with van der Waals surface area (Å²) in [5.41, 5.74) is 1.77. The molecule has 4 heteroatoms. The highest BCUT2D eigenvalue weighted by Gasteiger charge is 2.26. The summed E-state index contributed by atoms with van der Waals surface area (Å²) in [5, 5.41) is 14.6.